The molecule has 2 aromatic rings. The number of fused-ring (bicyclic) bond motifs is 1. The van der Waals surface area contributed by atoms with Crippen LogP contribution in [-0.4, -0.2) is 58.9 Å². The molecule has 162 valence electrons. The van der Waals surface area contributed by atoms with E-state index in [1.54, 1.807) is 55.7 Å². The number of aliphatic imine (C=N–C) groups is 1. The van der Waals surface area contributed by atoms with E-state index in [1.807, 2.05) is 19.1 Å². The standard InChI is InChI=1S/C24H22N4O4/c1-16-5-9-18(10-6-16)26-21(29)15-27-20-4-3-13-25-22(20)23(30)28(24(27)31)14-17-7-11-19(32-2)12-8-17/h3-13,22H,14-15H2,1-2H3/p+1. The van der Waals surface area contributed by atoms with Crippen LogP contribution < -0.4 is 10.1 Å². The zero-order chi connectivity index (χ0) is 22.7. The molecular weight excluding hydrogens is 408 g/mol. The van der Waals surface area contributed by atoms with Crippen molar-refractivity contribution in [3.05, 3.63) is 71.8 Å². The first-order valence-electron chi connectivity index (χ1n) is 10.2. The molecule has 32 heavy (non-hydrogen) atoms. The quantitative estimate of drug-likeness (QED) is 0.712. The molecule has 8 heteroatoms. The minimum atomic E-state index is -0.858. The topological polar surface area (TPSA) is 91.1 Å². The molecule has 0 radical (unpaired) electrons. The van der Waals surface area contributed by atoms with Gasteiger partial charge in [-0.1, -0.05) is 29.8 Å². The van der Waals surface area contributed by atoms with E-state index in [0.717, 1.165) is 16.0 Å². The van der Waals surface area contributed by atoms with E-state index in [-0.39, 0.29) is 19.0 Å². The van der Waals surface area contributed by atoms with E-state index in [2.05, 4.69) is 10.3 Å². The van der Waals surface area contributed by atoms with Crippen LogP contribution in [-0.2, 0) is 16.1 Å². The Hall–Kier alpha value is -4.07. The van der Waals surface area contributed by atoms with Crippen LogP contribution in [0.3, 0.4) is 0 Å². The Labute approximate surface area is 185 Å². The Balaban J connectivity index is 1.58. The first kappa shape index (κ1) is 21.2. The summed E-state index contributed by atoms with van der Waals surface area (Å²) >= 11 is 0. The molecule has 2 aromatic carbocycles. The Bertz CT molecular complexity index is 1150. The van der Waals surface area contributed by atoms with Crippen molar-refractivity contribution in [2.75, 3.05) is 19.0 Å². The summed E-state index contributed by atoms with van der Waals surface area (Å²) in [6, 6.07) is 13.1. The van der Waals surface area contributed by atoms with Gasteiger partial charge in [0.2, 0.25) is 6.04 Å². The number of carbonyl (C=O) groups excluding carboxylic acids is 3. The number of ether oxygens (including phenoxy) is 1. The molecule has 0 aliphatic carbocycles. The van der Waals surface area contributed by atoms with Crippen molar-refractivity contribution in [2.45, 2.75) is 19.5 Å². The van der Waals surface area contributed by atoms with Gasteiger partial charge >= 0.3 is 11.9 Å². The lowest BCUT2D eigenvalue weighted by molar-refractivity contribution is -0.427. The van der Waals surface area contributed by atoms with Gasteiger partial charge in [0.15, 0.2) is 6.54 Å². The number of dihydropyridines is 1. The molecule has 0 aromatic heterocycles. The molecule has 8 nitrogen and oxygen atoms in total. The van der Waals surface area contributed by atoms with Crippen LogP contribution in [0.1, 0.15) is 11.1 Å². The molecule has 0 saturated heterocycles. The van der Waals surface area contributed by atoms with Gasteiger partial charge in [-0.2, -0.15) is 14.3 Å². The van der Waals surface area contributed by atoms with Crippen molar-refractivity contribution in [2.24, 2.45) is 4.99 Å². The number of imide groups is 1. The summed E-state index contributed by atoms with van der Waals surface area (Å²) < 4.78 is 6.47. The highest BCUT2D eigenvalue weighted by molar-refractivity contribution is 6.20. The number of hydrogen-bond acceptors (Lipinski definition) is 5. The Morgan fingerprint density at radius 3 is 2.53 bits per heavy atom. The molecule has 4 rings (SSSR count). The third kappa shape index (κ3) is 4.34. The first-order valence-corrected chi connectivity index (χ1v) is 10.2. The van der Waals surface area contributed by atoms with Gasteiger partial charge in [0, 0.05) is 11.9 Å². The van der Waals surface area contributed by atoms with Crippen LogP contribution in [0.2, 0.25) is 0 Å². The predicted octanol–water partition coefficient (Wildman–Crippen LogP) is 2.57. The maximum atomic E-state index is 13.3. The molecule has 2 heterocycles. The monoisotopic (exact) mass is 431 g/mol. The Morgan fingerprint density at radius 1 is 1.12 bits per heavy atom. The van der Waals surface area contributed by atoms with Crippen LogP contribution >= 0.6 is 0 Å². The molecule has 4 amide bonds. The minimum Gasteiger partial charge on any atom is -0.497 e. The molecule has 0 fully saturated rings. The molecule has 0 saturated carbocycles. The van der Waals surface area contributed by atoms with Gasteiger partial charge in [0.05, 0.1) is 7.11 Å². The van der Waals surface area contributed by atoms with Crippen LogP contribution in [0.4, 0.5) is 10.5 Å². The number of carbonyl (C=O) groups is 3. The zero-order valence-corrected chi connectivity index (χ0v) is 17.8. The molecule has 0 spiro atoms. The normalized spacial score (nSPS) is 17.4. The number of hydrogen-bond donors (Lipinski definition) is 1. The van der Waals surface area contributed by atoms with Crippen molar-refractivity contribution >= 4 is 35.5 Å². The number of rotatable bonds is 6. The van der Waals surface area contributed by atoms with Gasteiger partial charge in [-0.05, 0) is 48.9 Å². The highest BCUT2D eigenvalue weighted by atomic mass is 16.5. The van der Waals surface area contributed by atoms with Gasteiger partial charge in [0.25, 0.3) is 5.91 Å². The van der Waals surface area contributed by atoms with Crippen LogP contribution in [0, 0.1) is 6.92 Å². The lowest BCUT2D eigenvalue weighted by atomic mass is 10.0. The fourth-order valence-electron chi connectivity index (χ4n) is 3.57. The molecule has 1 unspecified atom stereocenters. The molecule has 2 aliphatic rings. The van der Waals surface area contributed by atoms with E-state index >= 15 is 0 Å². The third-order valence-corrected chi connectivity index (χ3v) is 5.28. The second-order valence-electron chi connectivity index (χ2n) is 7.54. The Kier molecular flexibility index (Phi) is 5.93. The van der Waals surface area contributed by atoms with E-state index in [4.69, 9.17) is 4.74 Å². The second kappa shape index (κ2) is 8.97. The molecule has 2 aliphatic heterocycles. The third-order valence-electron chi connectivity index (χ3n) is 5.28. The highest BCUT2D eigenvalue weighted by Gasteiger charge is 2.48. The number of methoxy groups -OCH3 is 1. The average molecular weight is 431 g/mol. The summed E-state index contributed by atoms with van der Waals surface area (Å²) in [6.45, 7) is 1.80. The first-order chi connectivity index (χ1) is 15.5. The fraction of sp³-hybridized carbons (Fsp3) is 0.208. The molecule has 1 atom stereocenters. The smallest absolute Gasteiger partial charge is 0.497 e. The number of anilines is 1. The predicted molar refractivity (Wildman–Crippen MR) is 120 cm³/mol. The molecular formula is C24H23N4O4+. The summed E-state index contributed by atoms with van der Waals surface area (Å²) in [7, 11) is 1.57. The molecule has 1 N–H and O–H groups in total. The maximum absolute atomic E-state index is 13.3. The number of amides is 4. The number of aryl methyl sites for hydroxylation is 1. The van der Waals surface area contributed by atoms with Gasteiger partial charge in [-0.3, -0.25) is 9.79 Å². The van der Waals surface area contributed by atoms with Crippen molar-refractivity contribution < 1.29 is 23.7 Å². The molecule has 0 bridgehead atoms. The SMILES string of the molecule is COc1ccc(CN2C(=O)C3N=CC=CC3=[N+](CC(=O)Nc3ccc(C)cc3)C2=O)cc1. The van der Waals surface area contributed by atoms with Crippen molar-refractivity contribution in [1.82, 2.24) is 4.90 Å². The van der Waals surface area contributed by atoms with Crippen molar-refractivity contribution in [1.29, 1.82) is 0 Å². The fourth-order valence-corrected chi connectivity index (χ4v) is 3.57. The number of benzene rings is 2. The van der Waals surface area contributed by atoms with Gasteiger partial charge in [-0.15, -0.1) is 0 Å². The summed E-state index contributed by atoms with van der Waals surface area (Å²) in [5.41, 5.74) is 2.86. The second-order valence-corrected chi connectivity index (χ2v) is 7.54. The maximum Gasteiger partial charge on any atom is 0.501 e. The van der Waals surface area contributed by atoms with Crippen LogP contribution in [0.15, 0.2) is 65.7 Å². The summed E-state index contributed by atoms with van der Waals surface area (Å²) in [4.78, 5) is 44.4. The minimum absolute atomic E-state index is 0.0702. The van der Waals surface area contributed by atoms with Gasteiger partial charge < -0.3 is 10.1 Å². The van der Waals surface area contributed by atoms with E-state index in [0.29, 0.717) is 17.1 Å². The van der Waals surface area contributed by atoms with E-state index in [9.17, 15) is 14.4 Å². The average Bonchev–Trinajstić information content (AvgIpc) is 2.81. The van der Waals surface area contributed by atoms with Crippen LogP contribution in [0.5, 0.6) is 5.75 Å². The van der Waals surface area contributed by atoms with Gasteiger partial charge in [-0.25, -0.2) is 4.79 Å². The van der Waals surface area contributed by atoms with E-state index in [1.165, 1.54) is 10.8 Å². The van der Waals surface area contributed by atoms with Crippen molar-refractivity contribution in [3.8, 4) is 5.75 Å². The number of nitrogens with zero attached hydrogens (tertiary/aromatic N) is 3. The lowest BCUT2D eigenvalue weighted by Crippen LogP contribution is -2.57. The summed E-state index contributed by atoms with van der Waals surface area (Å²) in [5, 5.41) is 2.79. The number of nitrogens with one attached hydrogen (secondary N) is 1. The highest BCUT2D eigenvalue weighted by Crippen LogP contribution is 2.19. The van der Waals surface area contributed by atoms with E-state index < -0.39 is 18.0 Å². The zero-order valence-electron chi connectivity index (χ0n) is 17.8. The lowest BCUT2D eigenvalue weighted by Gasteiger charge is -2.26. The summed E-state index contributed by atoms with van der Waals surface area (Å²) in [6.07, 6.45) is 4.83. The number of allylic oxidation sites excluding steroid dienone is 1. The van der Waals surface area contributed by atoms with Gasteiger partial charge in [0.1, 0.15) is 18.0 Å². The van der Waals surface area contributed by atoms with Crippen molar-refractivity contribution in [3.63, 3.8) is 0 Å². The Morgan fingerprint density at radius 2 is 1.84 bits per heavy atom. The largest absolute Gasteiger partial charge is 0.501 e. The number of urea groups is 1. The summed E-state index contributed by atoms with van der Waals surface area (Å²) in [5.74, 6) is -0.108. The van der Waals surface area contributed by atoms with Crippen LogP contribution in [0.25, 0.3) is 0 Å².